The van der Waals surface area contributed by atoms with Crippen LogP contribution >= 0.6 is 0 Å². The van der Waals surface area contributed by atoms with Crippen LogP contribution in [0.15, 0.2) is 30.5 Å². The van der Waals surface area contributed by atoms with Crippen molar-refractivity contribution in [2.24, 2.45) is 11.7 Å². The quantitative estimate of drug-likeness (QED) is 0.885. The fourth-order valence-corrected chi connectivity index (χ4v) is 2.19. The van der Waals surface area contributed by atoms with E-state index in [9.17, 15) is 13.2 Å². The standard InChI is InChI=1S/C15H18F3N3/c1-10(5-6-19)7-14-20-9-13(21-14)11-3-2-4-12(8-11)15(16,17)18/h2-4,8-10H,5-7,19H2,1H3,(H,20,21). The van der Waals surface area contributed by atoms with Crippen molar-refractivity contribution in [1.29, 1.82) is 0 Å². The Bertz CT molecular complexity index is 590. The fourth-order valence-electron chi connectivity index (χ4n) is 2.19. The molecule has 0 saturated heterocycles. The number of H-pyrrole nitrogens is 1. The van der Waals surface area contributed by atoms with Crippen molar-refractivity contribution in [2.75, 3.05) is 6.54 Å². The zero-order chi connectivity index (χ0) is 15.5. The van der Waals surface area contributed by atoms with E-state index in [4.69, 9.17) is 5.73 Å². The third kappa shape index (κ3) is 4.07. The van der Waals surface area contributed by atoms with Crippen LogP contribution in [0.3, 0.4) is 0 Å². The Morgan fingerprint density at radius 2 is 2.10 bits per heavy atom. The maximum atomic E-state index is 12.7. The van der Waals surface area contributed by atoms with Crippen LogP contribution < -0.4 is 5.73 Å². The highest BCUT2D eigenvalue weighted by atomic mass is 19.4. The van der Waals surface area contributed by atoms with Crippen molar-refractivity contribution in [3.63, 3.8) is 0 Å². The van der Waals surface area contributed by atoms with Gasteiger partial charge in [0.2, 0.25) is 0 Å². The summed E-state index contributed by atoms with van der Waals surface area (Å²) in [6.07, 6.45) is -1.15. The number of nitrogens with two attached hydrogens (primary N) is 1. The molecule has 0 bridgehead atoms. The van der Waals surface area contributed by atoms with Gasteiger partial charge in [0.1, 0.15) is 5.82 Å². The lowest BCUT2D eigenvalue weighted by Gasteiger charge is -2.08. The monoisotopic (exact) mass is 297 g/mol. The second-order valence-corrected chi connectivity index (χ2v) is 5.21. The number of halogens is 3. The summed E-state index contributed by atoms with van der Waals surface area (Å²) in [4.78, 5) is 7.31. The molecular formula is C15H18F3N3. The third-order valence-electron chi connectivity index (χ3n) is 3.33. The van der Waals surface area contributed by atoms with Crippen LogP contribution in [0.2, 0.25) is 0 Å². The molecule has 3 nitrogen and oxygen atoms in total. The molecule has 0 radical (unpaired) electrons. The molecule has 21 heavy (non-hydrogen) atoms. The summed E-state index contributed by atoms with van der Waals surface area (Å²) in [7, 11) is 0. The number of hydrogen-bond donors (Lipinski definition) is 2. The first kappa shape index (κ1) is 15.6. The number of benzene rings is 1. The van der Waals surface area contributed by atoms with Gasteiger partial charge in [0.05, 0.1) is 17.5 Å². The maximum absolute atomic E-state index is 12.7. The Labute approximate surface area is 121 Å². The number of hydrogen-bond acceptors (Lipinski definition) is 2. The SMILES string of the molecule is CC(CCN)Cc1ncc(-c2cccc(C(F)(F)F)c2)[nH]1. The van der Waals surface area contributed by atoms with Crippen LogP contribution in [-0.2, 0) is 12.6 Å². The molecule has 3 N–H and O–H groups in total. The first-order valence-electron chi connectivity index (χ1n) is 6.81. The van der Waals surface area contributed by atoms with Gasteiger partial charge >= 0.3 is 6.18 Å². The molecule has 2 rings (SSSR count). The van der Waals surface area contributed by atoms with Crippen LogP contribution in [0.5, 0.6) is 0 Å². The molecule has 1 atom stereocenters. The summed E-state index contributed by atoms with van der Waals surface area (Å²) in [6, 6.07) is 5.22. The summed E-state index contributed by atoms with van der Waals surface area (Å²) < 4.78 is 38.1. The van der Waals surface area contributed by atoms with Crippen LogP contribution in [0.4, 0.5) is 13.2 Å². The van der Waals surface area contributed by atoms with Gasteiger partial charge in [-0.2, -0.15) is 13.2 Å². The van der Waals surface area contributed by atoms with Crippen LogP contribution in [0.25, 0.3) is 11.3 Å². The van der Waals surface area contributed by atoms with Crippen molar-refractivity contribution >= 4 is 0 Å². The molecule has 0 saturated carbocycles. The van der Waals surface area contributed by atoms with Crippen molar-refractivity contribution in [1.82, 2.24) is 9.97 Å². The maximum Gasteiger partial charge on any atom is 0.416 e. The molecule has 114 valence electrons. The highest BCUT2D eigenvalue weighted by Gasteiger charge is 2.30. The van der Waals surface area contributed by atoms with Gasteiger partial charge in [0.15, 0.2) is 0 Å². The minimum absolute atomic E-state index is 0.385. The van der Waals surface area contributed by atoms with Crippen molar-refractivity contribution in [3.8, 4) is 11.3 Å². The zero-order valence-electron chi connectivity index (χ0n) is 11.7. The van der Waals surface area contributed by atoms with Gasteiger partial charge < -0.3 is 10.7 Å². The smallest absolute Gasteiger partial charge is 0.342 e. The van der Waals surface area contributed by atoms with Gasteiger partial charge in [-0.1, -0.05) is 19.1 Å². The molecule has 0 fully saturated rings. The first-order valence-corrected chi connectivity index (χ1v) is 6.81. The molecular weight excluding hydrogens is 279 g/mol. The Morgan fingerprint density at radius 3 is 2.76 bits per heavy atom. The Hall–Kier alpha value is -1.82. The molecule has 6 heteroatoms. The van der Waals surface area contributed by atoms with E-state index < -0.39 is 11.7 Å². The molecule has 0 spiro atoms. The molecule has 0 aliphatic carbocycles. The van der Waals surface area contributed by atoms with Crippen LogP contribution in [0, 0.1) is 5.92 Å². The Balaban J connectivity index is 2.18. The van der Waals surface area contributed by atoms with E-state index in [0.717, 1.165) is 30.8 Å². The molecule has 0 aliphatic heterocycles. The van der Waals surface area contributed by atoms with E-state index in [-0.39, 0.29) is 0 Å². The average Bonchev–Trinajstić information content (AvgIpc) is 2.86. The largest absolute Gasteiger partial charge is 0.416 e. The molecule has 1 unspecified atom stereocenters. The number of aromatic nitrogens is 2. The number of alkyl halides is 3. The number of nitrogens with one attached hydrogen (secondary N) is 1. The molecule has 1 aromatic heterocycles. The Morgan fingerprint density at radius 1 is 1.33 bits per heavy atom. The molecule has 1 heterocycles. The lowest BCUT2D eigenvalue weighted by Crippen LogP contribution is -2.08. The molecule has 1 aromatic carbocycles. The zero-order valence-corrected chi connectivity index (χ0v) is 11.7. The van der Waals surface area contributed by atoms with E-state index in [0.29, 0.717) is 23.7 Å². The summed E-state index contributed by atoms with van der Waals surface area (Å²) in [5.74, 6) is 1.15. The topological polar surface area (TPSA) is 54.7 Å². The van der Waals surface area contributed by atoms with Crippen LogP contribution in [0.1, 0.15) is 24.7 Å². The summed E-state index contributed by atoms with van der Waals surface area (Å²) in [6.45, 7) is 2.68. The van der Waals surface area contributed by atoms with E-state index in [1.807, 2.05) is 0 Å². The third-order valence-corrected chi connectivity index (χ3v) is 3.33. The molecule has 2 aromatic rings. The predicted octanol–water partition coefficient (Wildman–Crippen LogP) is 3.62. The van der Waals surface area contributed by atoms with Gasteiger partial charge in [0, 0.05) is 12.0 Å². The van der Waals surface area contributed by atoms with E-state index >= 15 is 0 Å². The predicted molar refractivity (Wildman–Crippen MR) is 75.6 cm³/mol. The summed E-state index contributed by atoms with van der Waals surface area (Å²) >= 11 is 0. The van der Waals surface area contributed by atoms with Gasteiger partial charge in [-0.05, 0) is 31.0 Å². The first-order chi connectivity index (χ1) is 9.90. The second kappa shape index (κ2) is 6.30. The summed E-state index contributed by atoms with van der Waals surface area (Å²) in [5.41, 5.74) is 5.92. The van der Waals surface area contributed by atoms with Gasteiger partial charge in [0.25, 0.3) is 0 Å². The van der Waals surface area contributed by atoms with Gasteiger partial charge in [-0.15, -0.1) is 0 Å². The highest BCUT2D eigenvalue weighted by Crippen LogP contribution is 2.31. The van der Waals surface area contributed by atoms with Gasteiger partial charge in [-0.25, -0.2) is 4.98 Å². The van der Waals surface area contributed by atoms with Gasteiger partial charge in [-0.3, -0.25) is 0 Å². The van der Waals surface area contributed by atoms with E-state index in [1.165, 1.54) is 6.07 Å². The average molecular weight is 297 g/mol. The Kier molecular flexibility index (Phi) is 4.67. The lowest BCUT2D eigenvalue weighted by atomic mass is 10.0. The summed E-state index contributed by atoms with van der Waals surface area (Å²) in [5, 5.41) is 0. The number of rotatable bonds is 5. The molecule has 0 aliphatic rings. The number of imidazole rings is 1. The minimum atomic E-state index is -4.34. The lowest BCUT2D eigenvalue weighted by molar-refractivity contribution is -0.137. The normalized spacial score (nSPS) is 13.4. The number of aromatic amines is 1. The van der Waals surface area contributed by atoms with E-state index in [2.05, 4.69) is 16.9 Å². The number of nitrogens with zero attached hydrogens (tertiary/aromatic N) is 1. The highest BCUT2D eigenvalue weighted by molar-refractivity contribution is 5.59. The van der Waals surface area contributed by atoms with Crippen LogP contribution in [-0.4, -0.2) is 16.5 Å². The van der Waals surface area contributed by atoms with E-state index in [1.54, 1.807) is 12.3 Å². The van der Waals surface area contributed by atoms with Crippen molar-refractivity contribution in [2.45, 2.75) is 25.9 Å². The second-order valence-electron chi connectivity index (χ2n) is 5.21. The minimum Gasteiger partial charge on any atom is -0.342 e. The fraction of sp³-hybridized carbons (Fsp3) is 0.400. The van der Waals surface area contributed by atoms with Crippen molar-refractivity contribution < 1.29 is 13.2 Å². The molecule has 0 amide bonds. The van der Waals surface area contributed by atoms with Crippen molar-refractivity contribution in [3.05, 3.63) is 41.9 Å².